The quantitative estimate of drug-likeness (QED) is 0.684. The first kappa shape index (κ1) is 18.3. The summed E-state index contributed by atoms with van der Waals surface area (Å²) in [6, 6.07) is 6.78. The number of fused-ring (bicyclic) bond motifs is 1. The summed E-state index contributed by atoms with van der Waals surface area (Å²) in [5.74, 6) is -0.119. The molecule has 8 heteroatoms. The van der Waals surface area contributed by atoms with Crippen LogP contribution in [0.15, 0.2) is 24.3 Å². The highest BCUT2D eigenvalue weighted by atomic mass is 32.1. The number of carbonyl (C=O) groups excluding carboxylic acids is 2. The maximum Gasteiger partial charge on any atom is 0.257 e. The molecule has 1 heterocycles. The van der Waals surface area contributed by atoms with Crippen molar-refractivity contribution in [2.75, 3.05) is 11.9 Å². The molecule has 0 spiro atoms. The molecule has 0 unspecified atom stereocenters. The van der Waals surface area contributed by atoms with Gasteiger partial charge in [-0.15, -0.1) is 11.3 Å². The van der Waals surface area contributed by atoms with Crippen molar-refractivity contribution in [3.8, 4) is 5.75 Å². The number of thiophene rings is 1. The molecule has 3 rings (SSSR count). The topological polar surface area (TPSA) is 93.4 Å². The van der Waals surface area contributed by atoms with Crippen LogP contribution >= 0.6 is 23.6 Å². The number of rotatable bonds is 5. The van der Waals surface area contributed by atoms with E-state index in [2.05, 4.69) is 10.6 Å². The van der Waals surface area contributed by atoms with E-state index in [0.717, 1.165) is 29.7 Å². The van der Waals surface area contributed by atoms with E-state index < -0.39 is 5.91 Å². The molecule has 0 saturated heterocycles. The molecule has 1 aromatic heterocycles. The zero-order valence-electron chi connectivity index (χ0n) is 14.3. The lowest BCUT2D eigenvalue weighted by molar-refractivity contribution is 0.0975. The molecular weight excluding hydrogens is 370 g/mol. The van der Waals surface area contributed by atoms with Crippen molar-refractivity contribution in [2.45, 2.75) is 26.2 Å². The van der Waals surface area contributed by atoms with E-state index in [1.165, 1.54) is 11.3 Å². The molecule has 2 aromatic rings. The van der Waals surface area contributed by atoms with Gasteiger partial charge in [0.2, 0.25) is 0 Å². The first-order valence-electron chi connectivity index (χ1n) is 8.29. The SMILES string of the molecule is CCOc1ccc(C(=O)NC(=S)Nc2sc3c(c2C(N)=O)CCC3)cc1. The molecule has 1 aliphatic carbocycles. The number of nitrogens with one attached hydrogen (secondary N) is 2. The molecule has 1 aromatic carbocycles. The predicted molar refractivity (Wildman–Crippen MR) is 106 cm³/mol. The Hall–Kier alpha value is -2.45. The molecule has 136 valence electrons. The van der Waals surface area contributed by atoms with Crippen molar-refractivity contribution in [2.24, 2.45) is 5.73 Å². The Balaban J connectivity index is 1.67. The van der Waals surface area contributed by atoms with Gasteiger partial charge in [-0.2, -0.15) is 0 Å². The number of anilines is 1. The number of benzene rings is 1. The predicted octanol–water partition coefficient (Wildman–Crippen LogP) is 2.86. The largest absolute Gasteiger partial charge is 0.494 e. The fourth-order valence-electron chi connectivity index (χ4n) is 2.93. The van der Waals surface area contributed by atoms with Crippen LogP contribution in [0, 0.1) is 0 Å². The minimum atomic E-state index is -0.479. The fourth-order valence-corrected chi connectivity index (χ4v) is 4.49. The van der Waals surface area contributed by atoms with Crippen LogP contribution in [0.3, 0.4) is 0 Å². The lowest BCUT2D eigenvalue weighted by Crippen LogP contribution is -2.34. The van der Waals surface area contributed by atoms with Crippen LogP contribution in [0.1, 0.15) is 44.5 Å². The second-order valence-corrected chi connectivity index (χ2v) is 7.30. The summed E-state index contributed by atoms with van der Waals surface area (Å²) in [5, 5.41) is 6.30. The average molecular weight is 390 g/mol. The highest BCUT2D eigenvalue weighted by molar-refractivity contribution is 7.80. The van der Waals surface area contributed by atoms with Crippen LogP contribution in [0.4, 0.5) is 5.00 Å². The summed E-state index contributed by atoms with van der Waals surface area (Å²) in [6.45, 7) is 2.46. The van der Waals surface area contributed by atoms with Crippen molar-refractivity contribution in [1.29, 1.82) is 0 Å². The van der Waals surface area contributed by atoms with Gasteiger partial charge in [0.05, 0.1) is 12.2 Å². The van der Waals surface area contributed by atoms with Gasteiger partial charge >= 0.3 is 0 Å². The van der Waals surface area contributed by atoms with E-state index in [9.17, 15) is 9.59 Å². The Morgan fingerprint density at radius 3 is 2.65 bits per heavy atom. The zero-order valence-corrected chi connectivity index (χ0v) is 15.9. The summed E-state index contributed by atoms with van der Waals surface area (Å²) in [6.07, 6.45) is 2.81. The normalized spacial score (nSPS) is 12.3. The van der Waals surface area contributed by atoms with Gasteiger partial charge in [0.1, 0.15) is 10.8 Å². The number of thiocarbonyl (C=S) groups is 1. The van der Waals surface area contributed by atoms with E-state index in [0.29, 0.717) is 28.5 Å². The number of amides is 2. The second-order valence-electron chi connectivity index (χ2n) is 5.79. The van der Waals surface area contributed by atoms with E-state index >= 15 is 0 Å². The summed E-state index contributed by atoms with van der Waals surface area (Å²) < 4.78 is 5.35. The molecule has 0 atom stereocenters. The van der Waals surface area contributed by atoms with Gasteiger partial charge < -0.3 is 15.8 Å². The van der Waals surface area contributed by atoms with Gasteiger partial charge in [0.15, 0.2) is 5.11 Å². The molecule has 26 heavy (non-hydrogen) atoms. The maximum absolute atomic E-state index is 12.3. The van der Waals surface area contributed by atoms with Crippen LogP contribution in [0.25, 0.3) is 0 Å². The van der Waals surface area contributed by atoms with E-state index in [1.807, 2.05) is 6.92 Å². The zero-order chi connectivity index (χ0) is 18.7. The van der Waals surface area contributed by atoms with E-state index in [-0.39, 0.29) is 11.0 Å². The van der Waals surface area contributed by atoms with Crippen LogP contribution in [-0.2, 0) is 12.8 Å². The van der Waals surface area contributed by atoms with Crippen LogP contribution in [0.2, 0.25) is 0 Å². The number of primary amides is 1. The lowest BCUT2D eigenvalue weighted by atomic mass is 10.1. The molecule has 4 N–H and O–H groups in total. The van der Waals surface area contributed by atoms with Crippen LogP contribution in [0.5, 0.6) is 5.75 Å². The summed E-state index contributed by atoms with van der Waals surface area (Å²) in [7, 11) is 0. The van der Waals surface area contributed by atoms with E-state index in [1.54, 1.807) is 24.3 Å². The van der Waals surface area contributed by atoms with Crippen molar-refractivity contribution in [3.63, 3.8) is 0 Å². The number of nitrogens with two attached hydrogens (primary N) is 1. The number of carbonyl (C=O) groups is 2. The Morgan fingerprint density at radius 2 is 2.00 bits per heavy atom. The van der Waals surface area contributed by atoms with Crippen LogP contribution < -0.4 is 21.1 Å². The third-order valence-corrected chi connectivity index (χ3v) is 5.46. The Bertz CT molecular complexity index is 859. The summed E-state index contributed by atoms with van der Waals surface area (Å²) in [4.78, 5) is 25.3. The number of hydrogen-bond acceptors (Lipinski definition) is 5. The van der Waals surface area contributed by atoms with Gasteiger partial charge in [-0.05, 0) is 68.2 Å². The number of aryl methyl sites for hydroxylation is 1. The van der Waals surface area contributed by atoms with Crippen molar-refractivity contribution in [3.05, 3.63) is 45.8 Å². The van der Waals surface area contributed by atoms with Gasteiger partial charge in [-0.3, -0.25) is 14.9 Å². The van der Waals surface area contributed by atoms with Crippen LogP contribution in [-0.4, -0.2) is 23.5 Å². The Kier molecular flexibility index (Phi) is 5.53. The maximum atomic E-state index is 12.3. The smallest absolute Gasteiger partial charge is 0.257 e. The third kappa shape index (κ3) is 3.86. The molecule has 0 aliphatic heterocycles. The highest BCUT2D eigenvalue weighted by Gasteiger charge is 2.25. The first-order valence-corrected chi connectivity index (χ1v) is 9.51. The Morgan fingerprint density at radius 1 is 1.27 bits per heavy atom. The molecule has 6 nitrogen and oxygen atoms in total. The number of ether oxygens (including phenoxy) is 1. The standard InChI is InChI=1S/C18H19N3O3S2/c1-2-24-11-8-6-10(7-9-11)16(23)20-18(25)21-17-14(15(19)22)12-4-3-5-13(12)26-17/h6-9H,2-5H2,1H3,(H2,19,22)(H2,20,21,23,25). The van der Waals surface area contributed by atoms with Crippen molar-refractivity contribution in [1.82, 2.24) is 5.32 Å². The summed E-state index contributed by atoms with van der Waals surface area (Å²) >= 11 is 6.69. The van der Waals surface area contributed by atoms with Crippen molar-refractivity contribution >= 4 is 45.5 Å². The van der Waals surface area contributed by atoms with Gasteiger partial charge in [0.25, 0.3) is 11.8 Å². The Labute approximate surface area is 160 Å². The number of hydrogen-bond donors (Lipinski definition) is 3. The molecule has 0 fully saturated rings. The molecule has 0 bridgehead atoms. The highest BCUT2D eigenvalue weighted by Crippen LogP contribution is 2.38. The second kappa shape index (κ2) is 7.84. The van der Waals surface area contributed by atoms with E-state index in [4.69, 9.17) is 22.7 Å². The molecule has 0 radical (unpaired) electrons. The molecular formula is C18H19N3O3S2. The summed E-state index contributed by atoms with van der Waals surface area (Å²) in [5.41, 5.74) is 7.48. The first-order chi connectivity index (χ1) is 12.5. The van der Waals surface area contributed by atoms with Gasteiger partial charge in [-0.25, -0.2) is 0 Å². The monoisotopic (exact) mass is 389 g/mol. The fraction of sp³-hybridized carbons (Fsp3) is 0.278. The van der Waals surface area contributed by atoms with Crippen molar-refractivity contribution < 1.29 is 14.3 Å². The minimum absolute atomic E-state index is 0.131. The third-order valence-electron chi connectivity index (χ3n) is 4.05. The van der Waals surface area contributed by atoms with Gasteiger partial charge in [0, 0.05) is 10.4 Å². The average Bonchev–Trinajstić information content (AvgIpc) is 3.15. The molecule has 2 amide bonds. The minimum Gasteiger partial charge on any atom is -0.494 e. The van der Waals surface area contributed by atoms with Gasteiger partial charge in [-0.1, -0.05) is 0 Å². The molecule has 0 saturated carbocycles. The lowest BCUT2D eigenvalue weighted by Gasteiger charge is -2.10. The molecule has 1 aliphatic rings.